The summed E-state index contributed by atoms with van der Waals surface area (Å²) in [4.78, 5) is 1.84. The van der Waals surface area contributed by atoms with Crippen molar-refractivity contribution < 1.29 is 19.0 Å². The zero-order valence-electron chi connectivity index (χ0n) is 12.6. The van der Waals surface area contributed by atoms with Gasteiger partial charge in [-0.1, -0.05) is 0 Å². The van der Waals surface area contributed by atoms with Crippen LogP contribution in [0.1, 0.15) is 19.3 Å². The van der Waals surface area contributed by atoms with E-state index in [0.29, 0.717) is 24.2 Å². The van der Waals surface area contributed by atoms with E-state index in [1.165, 1.54) is 24.3 Å². The molecule has 3 rings (SSSR count). The molecule has 0 aromatic heterocycles. The van der Waals surface area contributed by atoms with Crippen LogP contribution in [0.3, 0.4) is 0 Å². The van der Waals surface area contributed by atoms with Gasteiger partial charge in [-0.2, -0.15) is 0 Å². The highest BCUT2D eigenvalue weighted by Crippen LogP contribution is 2.34. The largest absolute Gasteiger partial charge is 0.390 e. The predicted octanol–water partition coefficient (Wildman–Crippen LogP) is 3.38. The summed E-state index contributed by atoms with van der Waals surface area (Å²) >= 11 is 0. The van der Waals surface area contributed by atoms with Crippen LogP contribution in [0.15, 0.2) is 48.5 Å². The fourth-order valence-corrected chi connectivity index (χ4v) is 3.15. The zero-order valence-corrected chi connectivity index (χ0v) is 12.6. The molecule has 1 saturated carbocycles. The Bertz CT molecular complexity index is 600. The van der Waals surface area contributed by atoms with Gasteiger partial charge in [-0.3, -0.25) is 0 Å². The van der Waals surface area contributed by atoms with Crippen molar-refractivity contribution >= 4 is 11.4 Å². The fourth-order valence-electron chi connectivity index (χ4n) is 3.15. The number of hydrogen-bond donors (Lipinski definition) is 2. The molecule has 0 saturated heterocycles. The average molecular weight is 319 g/mol. The maximum atomic E-state index is 13.2. The van der Waals surface area contributed by atoms with Gasteiger partial charge in [0.05, 0.1) is 12.1 Å². The molecule has 2 N–H and O–H groups in total. The van der Waals surface area contributed by atoms with E-state index in [1.54, 1.807) is 24.3 Å². The molecule has 0 unspecified atom stereocenters. The van der Waals surface area contributed by atoms with Crippen LogP contribution in [0.5, 0.6) is 0 Å². The Morgan fingerprint density at radius 3 is 1.74 bits per heavy atom. The number of aliphatic hydroxyl groups excluding tert-OH is 2. The number of hydrogen-bond acceptors (Lipinski definition) is 3. The third-order valence-electron chi connectivity index (χ3n) is 4.33. The minimum Gasteiger partial charge on any atom is -0.390 e. The standard InChI is InChI=1S/C18H19F2NO2/c19-12-4-8-14(9-5-12)21(15-10-6-13(20)7-11-15)16-2-1-3-17(22)18(16)23/h4-11,16-18,22-23H,1-3H2/t16-,17-,18+/m0/s1. The van der Waals surface area contributed by atoms with Crippen LogP contribution in [-0.2, 0) is 0 Å². The Morgan fingerprint density at radius 1 is 0.783 bits per heavy atom. The normalized spacial score (nSPS) is 24.4. The summed E-state index contributed by atoms with van der Waals surface area (Å²) in [5, 5.41) is 20.4. The van der Waals surface area contributed by atoms with Crippen molar-refractivity contribution in [2.24, 2.45) is 0 Å². The summed E-state index contributed by atoms with van der Waals surface area (Å²) in [5.41, 5.74) is 1.38. The first-order valence-corrected chi connectivity index (χ1v) is 7.73. The van der Waals surface area contributed by atoms with Crippen molar-refractivity contribution in [3.8, 4) is 0 Å². The molecule has 0 heterocycles. The Labute approximate surface area is 133 Å². The molecule has 1 fully saturated rings. The molecule has 2 aromatic carbocycles. The van der Waals surface area contributed by atoms with Gasteiger partial charge in [-0.25, -0.2) is 8.78 Å². The lowest BCUT2D eigenvalue weighted by Crippen LogP contribution is -2.49. The van der Waals surface area contributed by atoms with E-state index in [0.717, 1.165) is 6.42 Å². The molecule has 0 bridgehead atoms. The molecule has 3 nitrogen and oxygen atoms in total. The molecule has 122 valence electrons. The van der Waals surface area contributed by atoms with Crippen LogP contribution in [-0.4, -0.2) is 28.5 Å². The predicted molar refractivity (Wildman–Crippen MR) is 84.6 cm³/mol. The molecular formula is C18H19F2NO2. The van der Waals surface area contributed by atoms with E-state index in [2.05, 4.69) is 0 Å². The first-order valence-electron chi connectivity index (χ1n) is 7.73. The summed E-state index contributed by atoms with van der Waals surface area (Å²) in [6.45, 7) is 0. The Morgan fingerprint density at radius 2 is 1.26 bits per heavy atom. The van der Waals surface area contributed by atoms with E-state index in [-0.39, 0.29) is 17.7 Å². The van der Waals surface area contributed by atoms with Gasteiger partial charge in [0.25, 0.3) is 0 Å². The molecule has 1 aliphatic rings. The molecule has 23 heavy (non-hydrogen) atoms. The molecule has 1 aliphatic carbocycles. The molecule has 0 spiro atoms. The van der Waals surface area contributed by atoms with Crippen molar-refractivity contribution in [3.63, 3.8) is 0 Å². The summed E-state index contributed by atoms with van der Waals surface area (Å²) in [6, 6.07) is 11.5. The lowest BCUT2D eigenvalue weighted by Gasteiger charge is -2.41. The van der Waals surface area contributed by atoms with Gasteiger partial charge in [-0.05, 0) is 67.8 Å². The lowest BCUT2D eigenvalue weighted by atomic mass is 9.88. The van der Waals surface area contributed by atoms with E-state index < -0.39 is 12.2 Å². The van der Waals surface area contributed by atoms with Gasteiger partial charge in [0.1, 0.15) is 17.7 Å². The molecular weight excluding hydrogens is 300 g/mol. The third-order valence-corrected chi connectivity index (χ3v) is 4.33. The summed E-state index contributed by atoms with van der Waals surface area (Å²) in [5.74, 6) is -0.700. The maximum absolute atomic E-state index is 13.2. The summed E-state index contributed by atoms with van der Waals surface area (Å²) in [7, 11) is 0. The Hall–Kier alpha value is -1.98. The van der Waals surface area contributed by atoms with Crippen LogP contribution >= 0.6 is 0 Å². The second-order valence-corrected chi connectivity index (χ2v) is 5.88. The number of halogens is 2. The fraction of sp³-hybridized carbons (Fsp3) is 0.333. The first-order chi connectivity index (χ1) is 11.1. The second kappa shape index (κ2) is 6.64. The molecule has 0 amide bonds. The van der Waals surface area contributed by atoms with E-state index in [4.69, 9.17) is 0 Å². The van der Waals surface area contributed by atoms with E-state index in [9.17, 15) is 19.0 Å². The topological polar surface area (TPSA) is 43.7 Å². The highest BCUT2D eigenvalue weighted by Gasteiger charge is 2.35. The van der Waals surface area contributed by atoms with Gasteiger partial charge in [-0.15, -0.1) is 0 Å². The van der Waals surface area contributed by atoms with Crippen molar-refractivity contribution in [2.45, 2.75) is 37.5 Å². The van der Waals surface area contributed by atoms with Crippen LogP contribution < -0.4 is 4.90 Å². The Balaban J connectivity index is 2.02. The number of rotatable bonds is 3. The number of nitrogens with zero attached hydrogens (tertiary/aromatic N) is 1. The number of anilines is 2. The van der Waals surface area contributed by atoms with Crippen molar-refractivity contribution in [3.05, 3.63) is 60.2 Å². The van der Waals surface area contributed by atoms with Gasteiger partial charge in [0, 0.05) is 11.4 Å². The van der Waals surface area contributed by atoms with Gasteiger partial charge >= 0.3 is 0 Å². The second-order valence-electron chi connectivity index (χ2n) is 5.88. The van der Waals surface area contributed by atoms with Crippen LogP contribution in [0.2, 0.25) is 0 Å². The van der Waals surface area contributed by atoms with E-state index in [1.807, 2.05) is 4.90 Å². The zero-order chi connectivity index (χ0) is 16.4. The third kappa shape index (κ3) is 3.35. The maximum Gasteiger partial charge on any atom is 0.123 e. The van der Waals surface area contributed by atoms with E-state index >= 15 is 0 Å². The van der Waals surface area contributed by atoms with Crippen molar-refractivity contribution in [2.75, 3.05) is 4.90 Å². The monoisotopic (exact) mass is 319 g/mol. The SMILES string of the molecule is O[C@H]1[C@@H](O)CCC[C@@H]1N(c1ccc(F)cc1)c1ccc(F)cc1. The highest BCUT2D eigenvalue weighted by atomic mass is 19.1. The lowest BCUT2D eigenvalue weighted by molar-refractivity contribution is -0.0204. The molecule has 0 aliphatic heterocycles. The average Bonchev–Trinajstić information content (AvgIpc) is 2.55. The van der Waals surface area contributed by atoms with Crippen LogP contribution in [0, 0.1) is 11.6 Å². The smallest absolute Gasteiger partial charge is 0.123 e. The van der Waals surface area contributed by atoms with Gasteiger partial charge < -0.3 is 15.1 Å². The number of benzene rings is 2. The van der Waals surface area contributed by atoms with Crippen molar-refractivity contribution in [1.29, 1.82) is 0 Å². The minimum absolute atomic E-state index is 0.350. The van der Waals surface area contributed by atoms with Crippen LogP contribution in [0.25, 0.3) is 0 Å². The molecule has 3 atom stereocenters. The highest BCUT2D eigenvalue weighted by molar-refractivity contribution is 5.64. The number of aliphatic hydroxyl groups is 2. The molecule has 2 aromatic rings. The van der Waals surface area contributed by atoms with Gasteiger partial charge in [0.15, 0.2) is 0 Å². The quantitative estimate of drug-likeness (QED) is 0.911. The summed E-state index contributed by atoms with van der Waals surface area (Å²) in [6.07, 6.45) is 0.309. The van der Waals surface area contributed by atoms with Gasteiger partial charge in [0.2, 0.25) is 0 Å². The summed E-state index contributed by atoms with van der Waals surface area (Å²) < 4.78 is 26.5. The molecule has 5 heteroatoms. The first kappa shape index (κ1) is 15.9. The minimum atomic E-state index is -0.918. The van der Waals surface area contributed by atoms with Crippen LogP contribution in [0.4, 0.5) is 20.2 Å². The van der Waals surface area contributed by atoms with Crippen molar-refractivity contribution in [1.82, 2.24) is 0 Å². The Kier molecular flexibility index (Phi) is 4.59. The molecule has 0 radical (unpaired) electrons.